The van der Waals surface area contributed by atoms with Crippen LogP contribution < -0.4 is 0 Å². The number of carboxylic acids is 1. The van der Waals surface area contributed by atoms with Gasteiger partial charge in [0.15, 0.2) is 0 Å². The average molecular weight is 384 g/mol. The van der Waals surface area contributed by atoms with Gasteiger partial charge in [-0.3, -0.25) is 14.4 Å². The molecule has 3 rings (SSSR count). The smallest absolute Gasteiger partial charge is 0.323 e. The van der Waals surface area contributed by atoms with E-state index in [2.05, 4.69) is 0 Å². The number of aliphatic carboxylic acids is 1. The van der Waals surface area contributed by atoms with E-state index in [1.165, 1.54) is 11.8 Å². The molecule has 2 amide bonds. The van der Waals surface area contributed by atoms with Gasteiger partial charge in [0.2, 0.25) is 5.91 Å². The molecule has 0 saturated carbocycles. The van der Waals surface area contributed by atoms with Crippen molar-refractivity contribution in [2.75, 3.05) is 19.6 Å². The summed E-state index contributed by atoms with van der Waals surface area (Å²) in [5.41, 5.74) is 0.256. The molecular formula is C21H24N2O5. The summed E-state index contributed by atoms with van der Waals surface area (Å²) >= 11 is 0. The van der Waals surface area contributed by atoms with Gasteiger partial charge in [0.25, 0.3) is 5.91 Å². The van der Waals surface area contributed by atoms with Crippen molar-refractivity contribution < 1.29 is 24.6 Å². The fraction of sp³-hybridized carbons (Fsp3) is 0.381. The zero-order chi connectivity index (χ0) is 20.3. The van der Waals surface area contributed by atoms with Crippen molar-refractivity contribution in [3.63, 3.8) is 0 Å². The topological polar surface area (TPSA) is 98.2 Å². The Morgan fingerprint density at radius 1 is 1.11 bits per heavy atom. The summed E-state index contributed by atoms with van der Waals surface area (Å²) in [6.07, 6.45) is 1.81. The second-order valence-corrected chi connectivity index (χ2v) is 7.13. The van der Waals surface area contributed by atoms with Crippen molar-refractivity contribution in [1.29, 1.82) is 0 Å². The highest BCUT2D eigenvalue weighted by atomic mass is 16.4. The van der Waals surface area contributed by atoms with E-state index in [-0.39, 0.29) is 35.7 Å². The van der Waals surface area contributed by atoms with Crippen LogP contribution in [0, 0.1) is 0 Å². The third kappa shape index (κ3) is 4.24. The molecule has 1 saturated heterocycles. The lowest BCUT2D eigenvalue weighted by Crippen LogP contribution is -2.43. The Bertz CT molecular complexity index is 911. The molecule has 0 aliphatic carbocycles. The summed E-state index contributed by atoms with van der Waals surface area (Å²) in [7, 11) is 0. The van der Waals surface area contributed by atoms with E-state index in [0.717, 1.165) is 10.8 Å². The number of carboxylic acid groups (broad SMARTS) is 1. The van der Waals surface area contributed by atoms with Gasteiger partial charge in [-0.25, -0.2) is 0 Å². The van der Waals surface area contributed by atoms with E-state index in [9.17, 15) is 19.5 Å². The highest BCUT2D eigenvalue weighted by molar-refractivity contribution is 6.01. The summed E-state index contributed by atoms with van der Waals surface area (Å²) in [5, 5.41) is 21.1. The maximum Gasteiger partial charge on any atom is 0.323 e. The molecule has 1 atom stereocenters. The van der Waals surface area contributed by atoms with E-state index >= 15 is 0 Å². The lowest BCUT2D eigenvalue weighted by Gasteiger charge is -2.29. The Kier molecular flexibility index (Phi) is 5.82. The molecule has 1 aliphatic rings. The van der Waals surface area contributed by atoms with Crippen LogP contribution in [0.5, 0.6) is 5.75 Å². The minimum absolute atomic E-state index is 0.0549. The first kappa shape index (κ1) is 19.7. The van der Waals surface area contributed by atoms with Crippen LogP contribution in [0.2, 0.25) is 0 Å². The van der Waals surface area contributed by atoms with Crippen molar-refractivity contribution in [1.82, 2.24) is 9.80 Å². The molecule has 1 fully saturated rings. The fourth-order valence-corrected chi connectivity index (χ4v) is 3.81. The molecule has 1 aliphatic heterocycles. The van der Waals surface area contributed by atoms with Gasteiger partial charge in [-0.2, -0.15) is 0 Å². The van der Waals surface area contributed by atoms with Gasteiger partial charge in [0, 0.05) is 26.1 Å². The van der Waals surface area contributed by atoms with Gasteiger partial charge in [-0.05, 0) is 42.2 Å². The standard InChI is InChI=1S/C21H24N2O5/c1-14(24)23(13-20(26)27)17-7-4-9-22(10-8-17)21(28)18-11-15-5-2-3-6-16(15)12-19(18)25/h2-3,5-6,11-12,17,25H,4,7-10,13H2,1H3,(H,26,27). The molecule has 0 radical (unpaired) electrons. The van der Waals surface area contributed by atoms with Crippen LogP contribution in [-0.4, -0.2) is 63.5 Å². The number of rotatable bonds is 4. The molecule has 7 nitrogen and oxygen atoms in total. The number of likely N-dealkylation sites (tertiary alicyclic amines) is 1. The predicted molar refractivity (Wildman–Crippen MR) is 104 cm³/mol. The van der Waals surface area contributed by atoms with Gasteiger partial charge in [-0.1, -0.05) is 24.3 Å². The number of phenolic OH excluding ortho intramolecular Hbond substituents is 1. The summed E-state index contributed by atoms with van der Waals surface area (Å²) < 4.78 is 0. The molecule has 7 heteroatoms. The Hall–Kier alpha value is -3.09. The van der Waals surface area contributed by atoms with Crippen molar-refractivity contribution in [2.24, 2.45) is 0 Å². The molecule has 1 unspecified atom stereocenters. The largest absolute Gasteiger partial charge is 0.507 e. The highest BCUT2D eigenvalue weighted by Gasteiger charge is 2.28. The van der Waals surface area contributed by atoms with Gasteiger partial charge < -0.3 is 20.0 Å². The first-order valence-electron chi connectivity index (χ1n) is 9.37. The lowest BCUT2D eigenvalue weighted by atomic mass is 10.0. The second kappa shape index (κ2) is 8.29. The quantitative estimate of drug-likeness (QED) is 0.844. The van der Waals surface area contributed by atoms with Crippen molar-refractivity contribution in [3.8, 4) is 5.75 Å². The van der Waals surface area contributed by atoms with Crippen LogP contribution in [0.1, 0.15) is 36.5 Å². The van der Waals surface area contributed by atoms with Crippen LogP contribution in [-0.2, 0) is 9.59 Å². The van der Waals surface area contributed by atoms with Crippen LogP contribution in [0.25, 0.3) is 10.8 Å². The third-order valence-corrected chi connectivity index (χ3v) is 5.23. The zero-order valence-electron chi connectivity index (χ0n) is 15.8. The Morgan fingerprint density at radius 3 is 2.43 bits per heavy atom. The normalized spacial score (nSPS) is 17.2. The van der Waals surface area contributed by atoms with E-state index in [1.54, 1.807) is 17.0 Å². The van der Waals surface area contributed by atoms with Gasteiger partial charge in [0.1, 0.15) is 12.3 Å². The maximum atomic E-state index is 13.0. The van der Waals surface area contributed by atoms with Crippen molar-refractivity contribution >= 4 is 28.6 Å². The molecule has 2 N–H and O–H groups in total. The summed E-state index contributed by atoms with van der Waals surface area (Å²) in [5.74, 6) is -1.63. The molecular weight excluding hydrogens is 360 g/mol. The van der Waals surface area contributed by atoms with Crippen LogP contribution in [0.3, 0.4) is 0 Å². The summed E-state index contributed by atoms with van der Waals surface area (Å²) in [6.45, 7) is 1.93. The Balaban J connectivity index is 1.76. The molecule has 148 valence electrons. The minimum Gasteiger partial charge on any atom is -0.507 e. The Labute approximate surface area is 163 Å². The van der Waals surface area contributed by atoms with Crippen LogP contribution in [0.4, 0.5) is 0 Å². The van der Waals surface area contributed by atoms with E-state index in [1.807, 2.05) is 24.3 Å². The zero-order valence-corrected chi connectivity index (χ0v) is 15.8. The van der Waals surface area contributed by atoms with Crippen molar-refractivity contribution in [3.05, 3.63) is 42.0 Å². The first-order chi connectivity index (χ1) is 13.4. The molecule has 28 heavy (non-hydrogen) atoms. The SMILES string of the molecule is CC(=O)N(CC(=O)O)C1CCCN(C(=O)c2cc3ccccc3cc2O)CC1. The van der Waals surface area contributed by atoms with Gasteiger partial charge in [-0.15, -0.1) is 0 Å². The second-order valence-electron chi connectivity index (χ2n) is 7.13. The van der Waals surface area contributed by atoms with Crippen LogP contribution in [0.15, 0.2) is 36.4 Å². The number of hydrogen-bond acceptors (Lipinski definition) is 4. The molecule has 1 heterocycles. The van der Waals surface area contributed by atoms with E-state index < -0.39 is 5.97 Å². The summed E-state index contributed by atoms with van der Waals surface area (Å²) in [4.78, 5) is 38.9. The molecule has 2 aromatic rings. The number of nitrogens with zero attached hydrogens (tertiary/aromatic N) is 2. The number of benzene rings is 2. The van der Waals surface area contributed by atoms with Crippen molar-refractivity contribution in [2.45, 2.75) is 32.2 Å². The number of fused-ring (bicyclic) bond motifs is 1. The number of hydrogen-bond donors (Lipinski definition) is 2. The minimum atomic E-state index is -1.05. The Morgan fingerprint density at radius 2 is 1.79 bits per heavy atom. The molecule has 2 aromatic carbocycles. The number of amides is 2. The first-order valence-corrected chi connectivity index (χ1v) is 9.37. The molecule has 0 spiro atoms. The van der Waals surface area contributed by atoms with E-state index in [4.69, 9.17) is 5.11 Å². The predicted octanol–water partition coefficient (Wildman–Crippen LogP) is 2.47. The number of aromatic hydroxyl groups is 1. The third-order valence-electron chi connectivity index (χ3n) is 5.23. The molecule has 0 bridgehead atoms. The number of carbonyl (C=O) groups is 3. The summed E-state index contributed by atoms with van der Waals surface area (Å²) in [6, 6.07) is 10.6. The average Bonchev–Trinajstić information content (AvgIpc) is 2.90. The fourth-order valence-electron chi connectivity index (χ4n) is 3.81. The maximum absolute atomic E-state index is 13.0. The van der Waals surface area contributed by atoms with Gasteiger partial charge >= 0.3 is 5.97 Å². The van der Waals surface area contributed by atoms with Gasteiger partial charge in [0.05, 0.1) is 5.56 Å². The number of phenols is 1. The lowest BCUT2D eigenvalue weighted by molar-refractivity contribution is -0.145. The molecule has 0 aromatic heterocycles. The number of carbonyl (C=O) groups excluding carboxylic acids is 2. The highest BCUT2D eigenvalue weighted by Crippen LogP contribution is 2.27. The van der Waals surface area contributed by atoms with Crippen LogP contribution >= 0.6 is 0 Å². The van der Waals surface area contributed by atoms with E-state index in [0.29, 0.717) is 32.4 Å². The monoisotopic (exact) mass is 384 g/mol.